The highest BCUT2D eigenvalue weighted by Crippen LogP contribution is 2.31. The van der Waals surface area contributed by atoms with Gasteiger partial charge in [0.2, 0.25) is 0 Å². The van der Waals surface area contributed by atoms with Crippen LogP contribution in [0, 0.1) is 11.6 Å². The van der Waals surface area contributed by atoms with Crippen molar-refractivity contribution < 1.29 is 22.0 Å². The molecule has 0 aliphatic carbocycles. The average molecular weight is 307 g/mol. The van der Waals surface area contributed by atoms with Gasteiger partial charge < -0.3 is 0 Å². The van der Waals surface area contributed by atoms with Crippen molar-refractivity contribution in [1.82, 2.24) is 15.0 Å². The van der Waals surface area contributed by atoms with E-state index in [1.54, 1.807) is 6.26 Å². The molecule has 106 valence electrons. The van der Waals surface area contributed by atoms with Gasteiger partial charge in [0.1, 0.15) is 10.7 Å². The second-order valence-corrected chi connectivity index (χ2v) is 4.40. The number of pyridine rings is 1. The minimum atomic E-state index is -4.69. The summed E-state index contributed by atoms with van der Waals surface area (Å²) in [6.45, 7) is 0. The Morgan fingerprint density at radius 3 is 2.30 bits per heavy atom. The Labute approximate surface area is 114 Å². The molecule has 0 aliphatic rings. The van der Waals surface area contributed by atoms with Crippen LogP contribution in [0.2, 0.25) is 0 Å². The van der Waals surface area contributed by atoms with Crippen LogP contribution >= 0.6 is 11.8 Å². The van der Waals surface area contributed by atoms with Gasteiger partial charge in [0.15, 0.2) is 17.5 Å². The largest absolute Gasteiger partial charge is 0.417 e. The monoisotopic (exact) mass is 307 g/mol. The molecule has 0 radical (unpaired) electrons. The highest BCUT2D eigenvalue weighted by atomic mass is 32.2. The maximum atomic E-state index is 13.7. The van der Waals surface area contributed by atoms with E-state index in [0.717, 1.165) is 18.0 Å². The molecule has 20 heavy (non-hydrogen) atoms. The number of aromatic nitrogens is 3. The Bertz CT molecular complexity index is 644. The van der Waals surface area contributed by atoms with Crippen molar-refractivity contribution in [3.05, 3.63) is 35.7 Å². The quantitative estimate of drug-likeness (QED) is 0.483. The van der Waals surface area contributed by atoms with Gasteiger partial charge in [-0.2, -0.15) is 13.2 Å². The van der Waals surface area contributed by atoms with Crippen molar-refractivity contribution in [1.29, 1.82) is 0 Å². The lowest BCUT2D eigenvalue weighted by molar-refractivity contribution is -0.138. The zero-order valence-corrected chi connectivity index (χ0v) is 10.7. The molecule has 9 heteroatoms. The predicted octanol–water partition coefficient (Wildman–Crippen LogP) is 3.56. The standard InChI is InChI=1S/C11H6F5N3S/c1-20-10-7(13)4-18-9(19-10)8-6(12)2-5(3-17-8)11(14,15)16/h2-4H,1H3. The average Bonchev–Trinajstić information content (AvgIpc) is 2.38. The Kier molecular flexibility index (Phi) is 3.89. The molecule has 2 aromatic heterocycles. The minimum Gasteiger partial charge on any atom is -0.249 e. The van der Waals surface area contributed by atoms with Crippen molar-refractivity contribution in [3.63, 3.8) is 0 Å². The van der Waals surface area contributed by atoms with Gasteiger partial charge in [-0.3, -0.25) is 0 Å². The summed E-state index contributed by atoms with van der Waals surface area (Å²) in [4.78, 5) is 10.6. The third-order valence-corrected chi connectivity index (χ3v) is 2.96. The molecule has 0 unspecified atom stereocenters. The predicted molar refractivity (Wildman–Crippen MR) is 62.0 cm³/mol. The Morgan fingerprint density at radius 1 is 1.05 bits per heavy atom. The molecule has 3 nitrogen and oxygen atoms in total. The highest BCUT2D eigenvalue weighted by molar-refractivity contribution is 7.98. The van der Waals surface area contributed by atoms with Gasteiger partial charge in [-0.05, 0) is 12.3 Å². The summed E-state index contributed by atoms with van der Waals surface area (Å²) in [6.07, 6.45) is -1.86. The molecule has 0 fully saturated rings. The summed E-state index contributed by atoms with van der Waals surface area (Å²) < 4.78 is 64.0. The van der Waals surface area contributed by atoms with Crippen LogP contribution in [0.4, 0.5) is 22.0 Å². The fraction of sp³-hybridized carbons (Fsp3) is 0.182. The SMILES string of the molecule is CSc1nc(-c2ncc(C(F)(F)F)cc2F)ncc1F. The van der Waals surface area contributed by atoms with Crippen LogP contribution in [-0.4, -0.2) is 21.2 Å². The van der Waals surface area contributed by atoms with E-state index in [2.05, 4.69) is 15.0 Å². The first kappa shape index (κ1) is 14.6. The van der Waals surface area contributed by atoms with Crippen LogP contribution in [0.1, 0.15) is 5.56 Å². The fourth-order valence-corrected chi connectivity index (χ4v) is 1.79. The summed E-state index contributed by atoms with van der Waals surface area (Å²) in [5.41, 5.74) is -1.68. The Balaban J connectivity index is 2.49. The second-order valence-electron chi connectivity index (χ2n) is 3.60. The first-order valence-electron chi connectivity index (χ1n) is 5.12. The van der Waals surface area contributed by atoms with Crippen LogP contribution in [-0.2, 0) is 6.18 Å². The molecule has 0 bridgehead atoms. The van der Waals surface area contributed by atoms with Crippen LogP contribution in [0.3, 0.4) is 0 Å². The number of hydrogen-bond donors (Lipinski definition) is 0. The zero-order chi connectivity index (χ0) is 14.9. The molecular formula is C11H6F5N3S. The lowest BCUT2D eigenvalue weighted by Gasteiger charge is -2.08. The molecule has 2 aromatic rings. The molecule has 0 spiro atoms. The second kappa shape index (κ2) is 5.31. The van der Waals surface area contributed by atoms with Crippen molar-refractivity contribution >= 4 is 11.8 Å². The van der Waals surface area contributed by atoms with E-state index >= 15 is 0 Å². The number of nitrogens with zero attached hydrogens (tertiary/aromatic N) is 3. The maximum absolute atomic E-state index is 13.7. The molecule has 0 aromatic carbocycles. The number of hydrogen-bond acceptors (Lipinski definition) is 4. The van der Waals surface area contributed by atoms with Gasteiger partial charge in [-0.15, -0.1) is 11.8 Å². The molecule has 0 saturated heterocycles. The third kappa shape index (κ3) is 2.87. The highest BCUT2D eigenvalue weighted by Gasteiger charge is 2.32. The zero-order valence-electron chi connectivity index (χ0n) is 9.87. The molecule has 0 N–H and O–H groups in total. The van der Waals surface area contributed by atoms with E-state index in [4.69, 9.17) is 0 Å². The number of halogens is 5. The summed E-state index contributed by atoms with van der Waals surface area (Å²) in [5, 5.41) is -0.0453. The first-order valence-corrected chi connectivity index (χ1v) is 6.35. The summed E-state index contributed by atoms with van der Waals surface area (Å²) in [5.74, 6) is -2.20. The molecule has 2 rings (SSSR count). The molecule has 0 atom stereocenters. The molecule has 0 amide bonds. The first-order chi connectivity index (χ1) is 9.32. The van der Waals surface area contributed by atoms with Gasteiger partial charge in [-0.25, -0.2) is 23.7 Å². The van der Waals surface area contributed by atoms with Gasteiger partial charge in [-0.1, -0.05) is 0 Å². The van der Waals surface area contributed by atoms with E-state index in [9.17, 15) is 22.0 Å². The van der Waals surface area contributed by atoms with Crippen LogP contribution in [0.25, 0.3) is 11.5 Å². The van der Waals surface area contributed by atoms with Crippen LogP contribution < -0.4 is 0 Å². The van der Waals surface area contributed by atoms with Gasteiger partial charge >= 0.3 is 6.18 Å². The van der Waals surface area contributed by atoms with E-state index in [1.807, 2.05) is 0 Å². The Hall–Kier alpha value is -1.77. The number of thioether (sulfide) groups is 1. The van der Waals surface area contributed by atoms with E-state index in [0.29, 0.717) is 12.3 Å². The lowest BCUT2D eigenvalue weighted by Crippen LogP contribution is -2.07. The van der Waals surface area contributed by atoms with Gasteiger partial charge in [0.25, 0.3) is 0 Å². The van der Waals surface area contributed by atoms with Crippen molar-refractivity contribution in [2.24, 2.45) is 0 Å². The minimum absolute atomic E-state index is 0.0453. The summed E-state index contributed by atoms with van der Waals surface area (Å²) in [7, 11) is 0. The summed E-state index contributed by atoms with van der Waals surface area (Å²) >= 11 is 0.961. The normalized spacial score (nSPS) is 11.7. The van der Waals surface area contributed by atoms with E-state index < -0.39 is 29.1 Å². The van der Waals surface area contributed by atoms with Crippen molar-refractivity contribution in [3.8, 4) is 11.5 Å². The lowest BCUT2D eigenvalue weighted by atomic mass is 10.2. The van der Waals surface area contributed by atoms with Crippen LogP contribution in [0.15, 0.2) is 23.5 Å². The molecule has 0 aliphatic heterocycles. The fourth-order valence-electron chi connectivity index (χ4n) is 1.37. The van der Waals surface area contributed by atoms with Crippen molar-refractivity contribution in [2.45, 2.75) is 11.2 Å². The molecule has 0 saturated carbocycles. The van der Waals surface area contributed by atoms with E-state index in [-0.39, 0.29) is 10.9 Å². The Morgan fingerprint density at radius 2 is 1.75 bits per heavy atom. The maximum Gasteiger partial charge on any atom is 0.417 e. The van der Waals surface area contributed by atoms with Crippen LogP contribution in [0.5, 0.6) is 0 Å². The smallest absolute Gasteiger partial charge is 0.249 e. The number of rotatable bonds is 2. The topological polar surface area (TPSA) is 38.7 Å². The van der Waals surface area contributed by atoms with Gasteiger partial charge in [0, 0.05) is 6.20 Å². The van der Waals surface area contributed by atoms with Gasteiger partial charge in [0.05, 0.1) is 11.8 Å². The number of alkyl halides is 3. The molecule has 2 heterocycles. The van der Waals surface area contributed by atoms with Crippen molar-refractivity contribution in [2.75, 3.05) is 6.26 Å². The molecular weight excluding hydrogens is 301 g/mol. The summed E-state index contributed by atoms with van der Waals surface area (Å²) in [6, 6.07) is 0.299. The van der Waals surface area contributed by atoms with E-state index in [1.165, 1.54) is 0 Å². The third-order valence-electron chi connectivity index (χ3n) is 2.29.